The number of esters is 2. The van der Waals surface area contributed by atoms with E-state index in [4.69, 9.17) is 39.1 Å². The third-order valence-electron chi connectivity index (χ3n) is 11.7. The highest BCUT2D eigenvalue weighted by atomic mass is 16.6. The first-order chi connectivity index (χ1) is 35.9. The summed E-state index contributed by atoms with van der Waals surface area (Å²) in [6, 6.07) is -6.33. The molecule has 2 aromatic heterocycles. The van der Waals surface area contributed by atoms with Gasteiger partial charge in [0.1, 0.15) is 35.6 Å². The lowest BCUT2D eigenvalue weighted by Crippen LogP contribution is -2.77. The second-order valence-electron chi connectivity index (χ2n) is 17.1. The number of aromatic nitrogens is 4. The Morgan fingerprint density at radius 2 is 1.06 bits per heavy atom. The number of nitrogens with two attached hydrogens (primary N) is 6. The Hall–Kier alpha value is -9.05. The number of carboxylic acids is 6. The van der Waals surface area contributed by atoms with Gasteiger partial charge in [0.15, 0.2) is 28.5 Å². The molecule has 6 atom stereocenters. The molecule has 77 heavy (non-hydrogen) atoms. The van der Waals surface area contributed by atoms with Gasteiger partial charge in [0.25, 0.3) is 11.5 Å². The van der Waals surface area contributed by atoms with Gasteiger partial charge in [-0.15, -0.1) is 0 Å². The zero-order valence-electron chi connectivity index (χ0n) is 40.3. The number of nitrogen functional groups attached to an aromatic ring is 1. The van der Waals surface area contributed by atoms with E-state index in [0.29, 0.717) is 0 Å². The smallest absolute Gasteiger partial charge is 0.349 e. The van der Waals surface area contributed by atoms with Crippen molar-refractivity contribution in [1.82, 2.24) is 24.8 Å². The monoisotopic (exact) mass is 1090 g/mol. The van der Waals surface area contributed by atoms with Crippen LogP contribution >= 0.6 is 0 Å². The van der Waals surface area contributed by atoms with Crippen LogP contribution in [-0.4, -0.2) is 168 Å². The number of rotatable bonds is 32. The molecule has 0 unspecified atom stereocenters. The van der Waals surface area contributed by atoms with E-state index in [0.717, 1.165) is 24.3 Å². The van der Waals surface area contributed by atoms with Crippen LogP contribution in [0.25, 0.3) is 11.2 Å². The van der Waals surface area contributed by atoms with Crippen LogP contribution in [0.4, 0.5) is 11.6 Å². The molecule has 0 saturated heterocycles. The number of benzene rings is 1. The summed E-state index contributed by atoms with van der Waals surface area (Å²) in [5, 5.41) is 61.5. The van der Waals surface area contributed by atoms with E-state index < -0.39 is 205 Å². The van der Waals surface area contributed by atoms with E-state index in [2.05, 4.69) is 25.3 Å². The minimum atomic E-state index is -4.60. The number of hydrogen-bond donors (Lipinski definition) is 14. The molecular weight excluding hydrogens is 1030 g/mol. The predicted molar refractivity (Wildman–Crippen MR) is 255 cm³/mol. The molecule has 33 heteroatoms. The molecule has 2 heterocycles. The third kappa shape index (κ3) is 15.3. The first kappa shape index (κ1) is 62.2. The maximum Gasteiger partial charge on any atom is 0.349 e. The number of ketones is 3. The van der Waals surface area contributed by atoms with E-state index >= 15 is 28.8 Å². The van der Waals surface area contributed by atoms with Gasteiger partial charge >= 0.3 is 47.8 Å². The average Bonchev–Trinajstić information content (AvgIpc) is 3.36. The number of anilines is 2. The second-order valence-corrected chi connectivity index (χ2v) is 17.1. The van der Waals surface area contributed by atoms with Gasteiger partial charge in [0.05, 0.1) is 24.9 Å². The normalized spacial score (nSPS) is 14.0. The van der Waals surface area contributed by atoms with Gasteiger partial charge < -0.3 is 75.1 Å². The largest absolute Gasteiger partial charge is 0.481 e. The minimum absolute atomic E-state index is 0.0720. The summed E-state index contributed by atoms with van der Waals surface area (Å²) < 4.78 is 5.00. The van der Waals surface area contributed by atoms with Crippen molar-refractivity contribution >= 4 is 99.7 Å². The van der Waals surface area contributed by atoms with Crippen LogP contribution < -0.4 is 45.3 Å². The summed E-state index contributed by atoms with van der Waals surface area (Å²) >= 11 is 0. The lowest BCUT2D eigenvalue weighted by Gasteiger charge is -2.49. The van der Waals surface area contributed by atoms with E-state index in [-0.39, 0.29) is 35.0 Å². The summed E-state index contributed by atoms with van der Waals surface area (Å²) in [6.45, 7) is -0.221. The molecule has 0 aliphatic heterocycles. The number of amides is 2. The number of ether oxygens (including phenoxy) is 1. The molecule has 0 aliphatic rings. The molecule has 0 saturated carbocycles. The Labute approximate surface area is 431 Å². The number of aromatic amines is 1. The lowest BCUT2D eigenvalue weighted by molar-refractivity contribution is -0.187. The highest BCUT2D eigenvalue weighted by molar-refractivity contribution is 6.28. The highest BCUT2D eigenvalue weighted by Crippen LogP contribution is 2.48. The molecule has 0 radical (unpaired) electrons. The number of imide groups is 1. The summed E-state index contributed by atoms with van der Waals surface area (Å²) in [6.07, 6.45) is -13.5. The standard InChI is InChI=1S/C44H54N12O21/c45-21(36(66)67)5-10-26(57)43(15-30(61)62,27(58)11-6-22(46)37(68)69)44(28(59)12-7-23(47)38(70)71,41(76)77-31(63)14-9-25(49)40(74)75)56(29(60)13-8-24(48)39(72)73)35(65)18-1-3-19(4-2-18)51-16-20-17-52-33-32(53-20)34(64)55-42(50)54-33/h1-4,17,21-25,51H,5-16,45-49H2,(H,61,62)(H,66,67)(H,68,69)(H,70,71)(H,72,73)(H,74,75)(H3,50,52,54,55,64)/t21-,22-,23-,24-,25-,44+/m0/s1. The van der Waals surface area contributed by atoms with Crippen LogP contribution in [-0.2, 0) is 68.8 Å². The molecule has 2 amide bonds. The maximum absolute atomic E-state index is 15.6. The molecule has 1 aromatic carbocycles. The molecule has 416 valence electrons. The number of Topliss-reactive ketones (excluding diaryl/α,β-unsaturated/α-hetero) is 3. The Kier molecular flexibility index (Phi) is 21.8. The van der Waals surface area contributed by atoms with Crippen LogP contribution in [0.3, 0.4) is 0 Å². The first-order valence-corrected chi connectivity index (χ1v) is 22.6. The average molecular weight is 1090 g/mol. The molecule has 20 N–H and O–H groups in total. The minimum Gasteiger partial charge on any atom is -0.481 e. The Morgan fingerprint density at radius 1 is 0.623 bits per heavy atom. The Bertz CT molecular complexity index is 2860. The van der Waals surface area contributed by atoms with E-state index in [1.807, 2.05) is 0 Å². The van der Waals surface area contributed by atoms with Crippen LogP contribution in [0.1, 0.15) is 86.7 Å². The SMILES string of the molecule is Nc1nc2ncc(CNc3ccc(C(=O)N(C(=O)CC[C@H](N)C(=O)O)[C@](C(=O)CC[C@H](N)C(=O)O)(C(=O)OC(=O)CC[C@H](N)C(=O)O)C(CC(=O)O)(C(=O)CC[C@H](N)C(=O)O)C(=O)CC[C@H](N)C(=O)O)cc3)nc2c(=O)[nH]1. The lowest BCUT2D eigenvalue weighted by atomic mass is 9.56. The Morgan fingerprint density at radius 3 is 1.52 bits per heavy atom. The topological polar surface area (TPSA) is 595 Å². The van der Waals surface area contributed by atoms with Crippen LogP contribution in [0.15, 0.2) is 35.3 Å². The van der Waals surface area contributed by atoms with Crippen molar-refractivity contribution in [3.63, 3.8) is 0 Å². The first-order valence-electron chi connectivity index (χ1n) is 22.6. The van der Waals surface area contributed by atoms with Gasteiger partial charge in [-0.3, -0.25) is 72.2 Å². The molecule has 3 aromatic rings. The fourth-order valence-electron chi connectivity index (χ4n) is 7.58. The molecule has 0 fully saturated rings. The van der Waals surface area contributed by atoms with Crippen LogP contribution in [0, 0.1) is 5.41 Å². The summed E-state index contributed by atoms with van der Waals surface area (Å²) in [7, 11) is 0. The van der Waals surface area contributed by atoms with Crippen molar-refractivity contribution in [2.24, 2.45) is 34.1 Å². The fraction of sp³-hybridized carbons (Fsp3) is 0.432. The van der Waals surface area contributed by atoms with Crippen molar-refractivity contribution in [3.05, 3.63) is 52.1 Å². The summed E-state index contributed by atoms with van der Waals surface area (Å²) in [5.41, 5.74) is 23.2. The number of nitrogens with zero attached hydrogens (tertiary/aromatic N) is 4. The third-order valence-corrected chi connectivity index (χ3v) is 11.7. The summed E-state index contributed by atoms with van der Waals surface area (Å²) in [4.78, 5) is 205. The predicted octanol–water partition coefficient (Wildman–Crippen LogP) is -4.19. The number of aliphatic carboxylic acids is 6. The van der Waals surface area contributed by atoms with Crippen molar-refractivity contribution in [2.45, 2.75) is 113 Å². The number of carboxylic acid groups (broad SMARTS) is 6. The van der Waals surface area contributed by atoms with E-state index in [1.54, 1.807) is 0 Å². The molecular formula is C44H54N12O21. The van der Waals surface area contributed by atoms with Gasteiger partial charge in [-0.05, 0) is 56.4 Å². The number of fused-ring (bicyclic) bond motifs is 1. The van der Waals surface area contributed by atoms with Crippen molar-refractivity contribution in [2.75, 3.05) is 11.1 Å². The molecule has 33 nitrogen and oxygen atoms in total. The zero-order valence-corrected chi connectivity index (χ0v) is 40.3. The zero-order chi connectivity index (χ0) is 58.3. The number of carbonyl (C=O) groups excluding carboxylic acids is 7. The molecule has 3 rings (SSSR count). The van der Waals surface area contributed by atoms with Gasteiger partial charge in [0.2, 0.25) is 17.4 Å². The Balaban J connectivity index is 2.61. The van der Waals surface area contributed by atoms with Gasteiger partial charge in [-0.1, -0.05) is 0 Å². The van der Waals surface area contributed by atoms with Crippen molar-refractivity contribution in [1.29, 1.82) is 0 Å². The number of hydrogen-bond acceptors (Lipinski definition) is 25. The maximum atomic E-state index is 15.6. The second kappa shape index (κ2) is 26.9. The highest BCUT2D eigenvalue weighted by Gasteiger charge is 2.74. The van der Waals surface area contributed by atoms with Gasteiger partial charge in [-0.25, -0.2) is 14.8 Å². The number of nitrogens with one attached hydrogen (secondary N) is 2. The quantitative estimate of drug-likeness (QED) is 0.0208. The number of H-pyrrole nitrogens is 1. The van der Waals surface area contributed by atoms with Crippen molar-refractivity contribution < 1.29 is 97.7 Å². The van der Waals surface area contributed by atoms with E-state index in [1.165, 1.54) is 6.20 Å². The van der Waals surface area contributed by atoms with Crippen molar-refractivity contribution in [3.8, 4) is 0 Å². The van der Waals surface area contributed by atoms with Gasteiger partial charge in [0, 0.05) is 43.4 Å². The van der Waals surface area contributed by atoms with Gasteiger partial charge in [-0.2, -0.15) is 4.98 Å². The molecule has 0 bridgehead atoms. The molecule has 0 spiro atoms. The fourth-order valence-corrected chi connectivity index (χ4v) is 7.58. The number of carbonyl (C=O) groups is 13. The van der Waals surface area contributed by atoms with Crippen LogP contribution in [0.5, 0.6) is 0 Å². The van der Waals surface area contributed by atoms with Crippen LogP contribution in [0.2, 0.25) is 0 Å². The van der Waals surface area contributed by atoms with E-state index in [9.17, 15) is 69.0 Å². The molecule has 0 aliphatic carbocycles. The summed E-state index contributed by atoms with van der Waals surface area (Å²) in [5.74, 6) is -26.4.